The summed E-state index contributed by atoms with van der Waals surface area (Å²) in [7, 11) is 1.36. The molecule has 0 radical (unpaired) electrons. The summed E-state index contributed by atoms with van der Waals surface area (Å²) in [6, 6.07) is 6.77. The first-order valence-corrected chi connectivity index (χ1v) is 11.5. The number of rotatable bonds is 8. The van der Waals surface area contributed by atoms with Gasteiger partial charge >= 0.3 is 0 Å². The predicted octanol–water partition coefficient (Wildman–Crippen LogP) is 2.03. The molecular formula is C19H27N3O4S2. The van der Waals surface area contributed by atoms with Gasteiger partial charge in [0.05, 0.1) is 14.2 Å². The van der Waals surface area contributed by atoms with Crippen LogP contribution in [0.5, 0.6) is 11.5 Å². The largest absolute Gasteiger partial charge is 0.497 e. The Morgan fingerprint density at radius 3 is 2.50 bits per heavy atom. The lowest BCUT2D eigenvalue weighted by Crippen LogP contribution is -2.48. The number of hydrogen-bond acceptors (Lipinski definition) is 7. The summed E-state index contributed by atoms with van der Waals surface area (Å²) in [5.41, 5.74) is 1.14. The molecule has 0 spiro atoms. The van der Waals surface area contributed by atoms with E-state index in [-0.39, 0.29) is 16.7 Å². The molecule has 1 aliphatic heterocycles. The molecule has 1 N–H and O–H groups in total. The van der Waals surface area contributed by atoms with Crippen LogP contribution in [0.15, 0.2) is 39.9 Å². The fourth-order valence-corrected chi connectivity index (χ4v) is 5.21. The zero-order valence-electron chi connectivity index (χ0n) is 16.4. The summed E-state index contributed by atoms with van der Waals surface area (Å²) in [4.78, 5) is 4.74. The van der Waals surface area contributed by atoms with Crippen LogP contribution in [0.2, 0.25) is 0 Å². The van der Waals surface area contributed by atoms with Crippen molar-refractivity contribution in [3.05, 3.63) is 40.6 Å². The van der Waals surface area contributed by atoms with Crippen LogP contribution in [0, 0.1) is 0 Å². The zero-order valence-corrected chi connectivity index (χ0v) is 18.1. The van der Waals surface area contributed by atoms with Crippen molar-refractivity contribution in [2.45, 2.75) is 10.9 Å². The minimum Gasteiger partial charge on any atom is -0.497 e. The highest BCUT2D eigenvalue weighted by atomic mass is 32.2. The first-order chi connectivity index (χ1) is 13.4. The van der Waals surface area contributed by atoms with Gasteiger partial charge in [-0.15, -0.1) is 0 Å². The maximum Gasteiger partial charge on any atom is 0.244 e. The summed E-state index contributed by atoms with van der Waals surface area (Å²) in [5, 5.41) is 4.12. The van der Waals surface area contributed by atoms with Crippen LogP contribution in [0.1, 0.15) is 11.6 Å². The number of methoxy groups -OCH3 is 2. The molecule has 1 fully saturated rings. The van der Waals surface area contributed by atoms with Crippen molar-refractivity contribution in [3.63, 3.8) is 0 Å². The minimum absolute atomic E-state index is 0.000955. The van der Waals surface area contributed by atoms with E-state index >= 15 is 0 Å². The standard InChI is InChI=1S/C19H27N3O4S2/c1-21-7-9-22(10-8-21)17(15-6-11-27-14-15)13-20-28(23,24)19-5-4-16(25-2)12-18(19)26-3/h4-6,11-12,14,17,20H,7-10,13H2,1-3H3/t17-/m1/s1. The van der Waals surface area contributed by atoms with E-state index in [9.17, 15) is 8.42 Å². The molecule has 1 aliphatic rings. The number of sulfonamides is 1. The van der Waals surface area contributed by atoms with Gasteiger partial charge in [-0.1, -0.05) is 0 Å². The van der Waals surface area contributed by atoms with Crippen LogP contribution in [-0.2, 0) is 10.0 Å². The van der Waals surface area contributed by atoms with Crippen molar-refractivity contribution in [2.24, 2.45) is 0 Å². The number of benzene rings is 1. The number of nitrogens with one attached hydrogen (secondary N) is 1. The summed E-state index contributed by atoms with van der Waals surface area (Å²) in [5.74, 6) is 0.808. The fourth-order valence-electron chi connectivity index (χ4n) is 3.32. The quantitative estimate of drug-likeness (QED) is 0.698. The Bertz CT molecular complexity index is 863. The topological polar surface area (TPSA) is 71.1 Å². The Labute approximate surface area is 170 Å². The first kappa shape index (κ1) is 21.1. The van der Waals surface area contributed by atoms with Gasteiger partial charge in [-0.25, -0.2) is 13.1 Å². The minimum atomic E-state index is -3.73. The van der Waals surface area contributed by atoms with Crippen LogP contribution in [0.4, 0.5) is 0 Å². The van der Waals surface area contributed by atoms with E-state index in [1.54, 1.807) is 23.5 Å². The fraction of sp³-hybridized carbons (Fsp3) is 0.474. The first-order valence-electron chi connectivity index (χ1n) is 9.11. The van der Waals surface area contributed by atoms with E-state index < -0.39 is 10.0 Å². The van der Waals surface area contributed by atoms with E-state index in [1.165, 1.54) is 20.3 Å². The van der Waals surface area contributed by atoms with Crippen LogP contribution in [-0.4, -0.2) is 72.2 Å². The van der Waals surface area contributed by atoms with Gasteiger partial charge in [0.25, 0.3) is 0 Å². The molecule has 154 valence electrons. The number of hydrogen-bond donors (Lipinski definition) is 1. The van der Waals surface area contributed by atoms with Gasteiger partial charge in [0.1, 0.15) is 16.4 Å². The van der Waals surface area contributed by atoms with Crippen molar-refractivity contribution < 1.29 is 17.9 Å². The van der Waals surface area contributed by atoms with Gasteiger partial charge < -0.3 is 14.4 Å². The predicted molar refractivity (Wildman–Crippen MR) is 111 cm³/mol. The Morgan fingerprint density at radius 1 is 1.14 bits per heavy atom. The monoisotopic (exact) mass is 425 g/mol. The van der Waals surface area contributed by atoms with Gasteiger partial charge in [0, 0.05) is 44.8 Å². The van der Waals surface area contributed by atoms with E-state index in [1.807, 2.05) is 5.38 Å². The van der Waals surface area contributed by atoms with Crippen LogP contribution in [0.25, 0.3) is 0 Å². The number of thiophene rings is 1. The van der Waals surface area contributed by atoms with E-state index in [0.717, 1.165) is 31.7 Å². The van der Waals surface area contributed by atoms with Gasteiger partial charge in [-0.05, 0) is 41.6 Å². The molecule has 0 unspecified atom stereocenters. The van der Waals surface area contributed by atoms with E-state index in [4.69, 9.17) is 9.47 Å². The SMILES string of the molecule is COc1ccc(S(=O)(=O)NC[C@H](c2ccsc2)N2CCN(C)CC2)c(OC)c1. The molecule has 28 heavy (non-hydrogen) atoms. The second-order valence-corrected chi connectivity index (χ2v) is 9.30. The van der Waals surface area contributed by atoms with Crippen molar-refractivity contribution in [1.82, 2.24) is 14.5 Å². The number of nitrogens with zero attached hydrogens (tertiary/aromatic N) is 2. The maximum absolute atomic E-state index is 13.0. The lowest BCUT2D eigenvalue weighted by atomic mass is 10.1. The normalized spacial score (nSPS) is 17.4. The second kappa shape index (κ2) is 9.23. The Hall–Kier alpha value is -1.65. The average molecular weight is 426 g/mol. The lowest BCUT2D eigenvalue weighted by molar-refractivity contribution is 0.113. The third kappa shape index (κ3) is 4.84. The third-order valence-corrected chi connectivity index (χ3v) is 7.20. The van der Waals surface area contributed by atoms with Crippen LogP contribution in [0.3, 0.4) is 0 Å². The van der Waals surface area contributed by atoms with E-state index in [2.05, 4.69) is 33.0 Å². The van der Waals surface area contributed by atoms with Gasteiger partial charge in [-0.3, -0.25) is 4.90 Å². The Kier molecular flexibility index (Phi) is 6.95. The summed E-state index contributed by atoms with van der Waals surface area (Å²) < 4.78 is 39.1. The van der Waals surface area contributed by atoms with Gasteiger partial charge in [0.15, 0.2) is 0 Å². The molecule has 3 rings (SSSR count). The molecule has 1 aromatic heterocycles. The molecule has 9 heteroatoms. The second-order valence-electron chi connectivity index (χ2n) is 6.78. The van der Waals surface area contributed by atoms with Crippen LogP contribution < -0.4 is 14.2 Å². The number of piperazine rings is 1. The Morgan fingerprint density at radius 2 is 1.89 bits per heavy atom. The van der Waals surface area contributed by atoms with E-state index in [0.29, 0.717) is 12.3 Å². The van der Waals surface area contributed by atoms with Crippen molar-refractivity contribution in [3.8, 4) is 11.5 Å². The molecule has 0 amide bonds. The maximum atomic E-state index is 13.0. The highest BCUT2D eigenvalue weighted by Gasteiger charge is 2.27. The lowest BCUT2D eigenvalue weighted by Gasteiger charge is -2.38. The molecule has 1 saturated heterocycles. The summed E-state index contributed by atoms with van der Waals surface area (Å²) in [6.45, 7) is 4.06. The molecular weight excluding hydrogens is 398 g/mol. The third-order valence-electron chi connectivity index (χ3n) is 5.03. The van der Waals surface area contributed by atoms with Gasteiger partial charge in [-0.2, -0.15) is 11.3 Å². The molecule has 2 aromatic rings. The highest BCUT2D eigenvalue weighted by molar-refractivity contribution is 7.89. The average Bonchev–Trinajstić information content (AvgIpc) is 3.23. The van der Waals surface area contributed by atoms with Crippen molar-refractivity contribution >= 4 is 21.4 Å². The molecule has 2 heterocycles. The summed E-state index contributed by atoms with van der Waals surface area (Å²) >= 11 is 1.62. The smallest absolute Gasteiger partial charge is 0.244 e. The zero-order chi connectivity index (χ0) is 20.1. The molecule has 0 aliphatic carbocycles. The number of likely N-dealkylation sites (N-methyl/N-ethyl adjacent to an activating group) is 1. The Balaban J connectivity index is 1.79. The van der Waals surface area contributed by atoms with Crippen LogP contribution >= 0.6 is 11.3 Å². The van der Waals surface area contributed by atoms with Crippen molar-refractivity contribution in [1.29, 1.82) is 0 Å². The summed E-state index contributed by atoms with van der Waals surface area (Å²) in [6.07, 6.45) is 0. The molecule has 0 saturated carbocycles. The highest BCUT2D eigenvalue weighted by Crippen LogP contribution is 2.29. The molecule has 1 aromatic carbocycles. The molecule has 0 bridgehead atoms. The van der Waals surface area contributed by atoms with Crippen molar-refractivity contribution in [2.75, 3.05) is 54.0 Å². The van der Waals surface area contributed by atoms with Gasteiger partial charge in [0.2, 0.25) is 10.0 Å². The number of ether oxygens (including phenoxy) is 2. The molecule has 1 atom stereocenters. The molecule has 7 nitrogen and oxygen atoms in total.